The number of nitrogens with two attached hydrogens (primary N) is 1. The molecule has 0 spiro atoms. The van der Waals surface area contributed by atoms with E-state index in [0.717, 1.165) is 23.4 Å². The summed E-state index contributed by atoms with van der Waals surface area (Å²) in [5.41, 5.74) is 8.40. The number of hydrogen-bond acceptors (Lipinski definition) is 3. The number of furan rings is 1. The molecule has 0 aliphatic heterocycles. The summed E-state index contributed by atoms with van der Waals surface area (Å²) in [6.45, 7) is 4.17. The van der Waals surface area contributed by atoms with Gasteiger partial charge in [-0.05, 0) is 18.2 Å². The van der Waals surface area contributed by atoms with Crippen molar-refractivity contribution in [3.63, 3.8) is 0 Å². The Balaban J connectivity index is 2.23. The molecule has 2 rings (SSSR count). The number of nitrogens with zero attached hydrogens (tertiary/aromatic N) is 1. The van der Waals surface area contributed by atoms with Crippen LogP contribution in [0.4, 0.5) is 0 Å². The average molecular weight is 230 g/mol. The van der Waals surface area contributed by atoms with Crippen LogP contribution in [-0.2, 0) is 6.42 Å². The van der Waals surface area contributed by atoms with Crippen LogP contribution in [-0.4, -0.2) is 4.98 Å². The van der Waals surface area contributed by atoms with Gasteiger partial charge in [0, 0.05) is 35.8 Å². The molecule has 2 N–H and O–H groups in total. The molecule has 0 aliphatic rings. The van der Waals surface area contributed by atoms with E-state index in [-0.39, 0.29) is 12.0 Å². The van der Waals surface area contributed by atoms with E-state index in [1.165, 1.54) is 0 Å². The highest BCUT2D eigenvalue weighted by Gasteiger charge is 2.21. The lowest BCUT2D eigenvalue weighted by Gasteiger charge is -2.19. The predicted octanol–water partition coefficient (Wildman–Crippen LogP) is 3.04. The van der Waals surface area contributed by atoms with Crippen LogP contribution in [0.3, 0.4) is 0 Å². The van der Waals surface area contributed by atoms with Gasteiger partial charge in [-0.2, -0.15) is 0 Å². The first kappa shape index (κ1) is 11.9. The van der Waals surface area contributed by atoms with Crippen molar-refractivity contribution in [2.75, 3.05) is 0 Å². The molecule has 0 bridgehead atoms. The number of pyridine rings is 1. The van der Waals surface area contributed by atoms with E-state index in [9.17, 15) is 0 Å². The minimum Gasteiger partial charge on any atom is -0.469 e. The highest BCUT2D eigenvalue weighted by atomic mass is 16.3. The summed E-state index contributed by atoms with van der Waals surface area (Å²) in [5, 5.41) is 0. The van der Waals surface area contributed by atoms with Gasteiger partial charge >= 0.3 is 0 Å². The van der Waals surface area contributed by atoms with Crippen LogP contribution in [0.15, 0.2) is 41.1 Å². The van der Waals surface area contributed by atoms with Crippen LogP contribution in [0, 0.1) is 0 Å². The lowest BCUT2D eigenvalue weighted by molar-refractivity contribution is 0.495. The maximum Gasteiger partial charge on any atom is 0.108 e. The van der Waals surface area contributed by atoms with E-state index in [1.807, 2.05) is 24.3 Å². The second-order valence-electron chi connectivity index (χ2n) is 4.22. The molecule has 2 aromatic heterocycles. The molecule has 3 nitrogen and oxygen atoms in total. The minimum atomic E-state index is -0.0707. The molecule has 0 saturated carbocycles. The van der Waals surface area contributed by atoms with Crippen molar-refractivity contribution in [1.29, 1.82) is 0 Å². The predicted molar refractivity (Wildman–Crippen MR) is 67.7 cm³/mol. The van der Waals surface area contributed by atoms with Gasteiger partial charge in [0.05, 0.1) is 6.26 Å². The zero-order valence-electron chi connectivity index (χ0n) is 10.3. The Morgan fingerprint density at radius 1 is 1.35 bits per heavy atom. The number of hydrogen-bond donors (Lipinski definition) is 1. The molecule has 3 heteroatoms. The van der Waals surface area contributed by atoms with Gasteiger partial charge in [0.25, 0.3) is 0 Å². The first-order chi connectivity index (χ1) is 8.24. The summed E-state index contributed by atoms with van der Waals surface area (Å²) in [4.78, 5) is 4.35. The maximum atomic E-state index is 6.29. The Hall–Kier alpha value is -1.61. The molecule has 0 radical (unpaired) electrons. The third-order valence-corrected chi connectivity index (χ3v) is 3.15. The van der Waals surface area contributed by atoms with Crippen LogP contribution in [0.25, 0.3) is 0 Å². The third kappa shape index (κ3) is 2.39. The van der Waals surface area contributed by atoms with Gasteiger partial charge in [0.15, 0.2) is 0 Å². The Morgan fingerprint density at radius 3 is 2.82 bits per heavy atom. The number of rotatable bonds is 4. The quantitative estimate of drug-likeness (QED) is 0.878. The molecular weight excluding hydrogens is 212 g/mol. The number of aryl methyl sites for hydroxylation is 1. The second kappa shape index (κ2) is 5.15. The molecule has 17 heavy (non-hydrogen) atoms. The molecule has 2 heterocycles. The molecule has 2 aromatic rings. The Kier molecular flexibility index (Phi) is 3.59. The molecule has 0 aromatic carbocycles. The second-order valence-corrected chi connectivity index (χ2v) is 4.22. The molecule has 90 valence electrons. The maximum absolute atomic E-state index is 6.29. The molecular formula is C14H18N2O. The van der Waals surface area contributed by atoms with Gasteiger partial charge in [0.2, 0.25) is 0 Å². The normalized spacial score (nSPS) is 14.5. The fraction of sp³-hybridized carbons (Fsp3) is 0.357. The minimum absolute atomic E-state index is 0.0707. The van der Waals surface area contributed by atoms with E-state index in [0.29, 0.717) is 0 Å². The Labute approximate surface area is 102 Å². The summed E-state index contributed by atoms with van der Waals surface area (Å²) in [6, 6.07) is 7.80. The van der Waals surface area contributed by atoms with Crippen molar-refractivity contribution in [1.82, 2.24) is 4.98 Å². The van der Waals surface area contributed by atoms with Crippen molar-refractivity contribution in [2.45, 2.75) is 32.2 Å². The van der Waals surface area contributed by atoms with Crippen LogP contribution in [0.2, 0.25) is 0 Å². The third-order valence-electron chi connectivity index (χ3n) is 3.15. The van der Waals surface area contributed by atoms with Gasteiger partial charge in [-0.25, -0.2) is 0 Å². The SMILES string of the molecule is CCc1occc1C(N)C(C)c1ccccn1. The highest BCUT2D eigenvalue weighted by molar-refractivity contribution is 5.25. The van der Waals surface area contributed by atoms with E-state index in [1.54, 1.807) is 12.5 Å². The zero-order valence-corrected chi connectivity index (χ0v) is 10.3. The van der Waals surface area contributed by atoms with Crippen molar-refractivity contribution < 1.29 is 4.42 Å². The van der Waals surface area contributed by atoms with Crippen LogP contribution >= 0.6 is 0 Å². The zero-order chi connectivity index (χ0) is 12.3. The smallest absolute Gasteiger partial charge is 0.108 e. The van der Waals surface area contributed by atoms with E-state index >= 15 is 0 Å². The fourth-order valence-corrected chi connectivity index (χ4v) is 2.03. The van der Waals surface area contributed by atoms with Gasteiger partial charge in [-0.1, -0.05) is 19.9 Å². The van der Waals surface area contributed by atoms with Crippen LogP contribution in [0.1, 0.15) is 42.8 Å². The van der Waals surface area contributed by atoms with Gasteiger partial charge in [0.1, 0.15) is 5.76 Å². The van der Waals surface area contributed by atoms with Crippen molar-refractivity contribution in [3.05, 3.63) is 53.7 Å². The summed E-state index contributed by atoms with van der Waals surface area (Å²) >= 11 is 0. The summed E-state index contributed by atoms with van der Waals surface area (Å²) in [5.74, 6) is 1.15. The topological polar surface area (TPSA) is 52.0 Å². The van der Waals surface area contributed by atoms with Gasteiger partial charge in [-0.3, -0.25) is 4.98 Å². The summed E-state index contributed by atoms with van der Waals surface area (Å²) in [7, 11) is 0. The molecule has 0 saturated heterocycles. The first-order valence-electron chi connectivity index (χ1n) is 5.96. The standard InChI is InChI=1S/C14H18N2O/c1-3-13-11(7-9-17-13)14(15)10(2)12-6-4-5-8-16-12/h4-10,14H,3,15H2,1-2H3. The van der Waals surface area contributed by atoms with Gasteiger partial charge < -0.3 is 10.2 Å². The summed E-state index contributed by atoms with van der Waals surface area (Å²) < 4.78 is 5.42. The molecule has 2 unspecified atom stereocenters. The monoisotopic (exact) mass is 230 g/mol. The largest absolute Gasteiger partial charge is 0.469 e. The fourth-order valence-electron chi connectivity index (χ4n) is 2.03. The molecule has 0 fully saturated rings. The molecule has 2 atom stereocenters. The van der Waals surface area contributed by atoms with Crippen LogP contribution in [0.5, 0.6) is 0 Å². The van der Waals surface area contributed by atoms with E-state index in [4.69, 9.17) is 10.2 Å². The van der Waals surface area contributed by atoms with E-state index in [2.05, 4.69) is 18.8 Å². The average Bonchev–Trinajstić information content (AvgIpc) is 2.86. The summed E-state index contributed by atoms with van der Waals surface area (Å²) in [6.07, 6.45) is 4.37. The number of aromatic nitrogens is 1. The Bertz CT molecular complexity index is 464. The first-order valence-corrected chi connectivity index (χ1v) is 5.96. The van der Waals surface area contributed by atoms with Crippen molar-refractivity contribution >= 4 is 0 Å². The molecule has 0 amide bonds. The van der Waals surface area contributed by atoms with E-state index < -0.39 is 0 Å². The molecule has 0 aliphatic carbocycles. The Morgan fingerprint density at radius 2 is 2.18 bits per heavy atom. The van der Waals surface area contributed by atoms with Gasteiger partial charge in [-0.15, -0.1) is 0 Å². The highest BCUT2D eigenvalue weighted by Crippen LogP contribution is 2.30. The van der Waals surface area contributed by atoms with Crippen LogP contribution < -0.4 is 5.73 Å². The van der Waals surface area contributed by atoms with Crippen molar-refractivity contribution in [2.24, 2.45) is 5.73 Å². The lowest BCUT2D eigenvalue weighted by atomic mass is 9.92. The lowest BCUT2D eigenvalue weighted by Crippen LogP contribution is -2.19. The van der Waals surface area contributed by atoms with Crippen molar-refractivity contribution in [3.8, 4) is 0 Å².